The zero-order chi connectivity index (χ0) is 15.1. The van der Waals surface area contributed by atoms with Crippen molar-refractivity contribution < 1.29 is 14.3 Å². The minimum atomic E-state index is -0.325. The molecule has 0 radical (unpaired) electrons. The first-order chi connectivity index (χ1) is 9.43. The lowest BCUT2D eigenvalue weighted by molar-refractivity contribution is -0.145. The number of carbonyl (C=O) groups is 2. The maximum absolute atomic E-state index is 12.0. The SMILES string of the molecule is COC(=O)C(C)CN(C)C(=O)CSc1ccc(Cl)cc1. The molecule has 0 aliphatic heterocycles. The van der Waals surface area contributed by atoms with Crippen molar-refractivity contribution in [2.45, 2.75) is 11.8 Å². The predicted octanol–water partition coefficient (Wildman–Crippen LogP) is 2.70. The van der Waals surface area contributed by atoms with Gasteiger partial charge in [0.1, 0.15) is 0 Å². The number of nitrogens with zero attached hydrogens (tertiary/aromatic N) is 1. The van der Waals surface area contributed by atoms with E-state index in [1.807, 2.05) is 12.1 Å². The second kappa shape index (κ2) is 8.17. The van der Waals surface area contributed by atoms with Gasteiger partial charge in [-0.15, -0.1) is 11.8 Å². The summed E-state index contributed by atoms with van der Waals surface area (Å²) in [5, 5.41) is 0.671. The summed E-state index contributed by atoms with van der Waals surface area (Å²) in [7, 11) is 3.03. The number of methoxy groups -OCH3 is 1. The molecule has 0 heterocycles. The highest BCUT2D eigenvalue weighted by molar-refractivity contribution is 8.00. The van der Waals surface area contributed by atoms with Crippen LogP contribution < -0.4 is 0 Å². The molecule has 0 aliphatic carbocycles. The third-order valence-corrected chi connectivity index (χ3v) is 4.00. The van der Waals surface area contributed by atoms with Crippen molar-refractivity contribution in [3.63, 3.8) is 0 Å². The van der Waals surface area contributed by atoms with E-state index in [-0.39, 0.29) is 17.8 Å². The van der Waals surface area contributed by atoms with Gasteiger partial charge in [-0.1, -0.05) is 18.5 Å². The highest BCUT2D eigenvalue weighted by atomic mass is 35.5. The monoisotopic (exact) mass is 315 g/mol. The number of esters is 1. The maximum Gasteiger partial charge on any atom is 0.310 e. The molecule has 0 aliphatic rings. The van der Waals surface area contributed by atoms with Crippen LogP contribution in [-0.2, 0) is 14.3 Å². The standard InChI is InChI=1S/C14H18ClNO3S/c1-10(14(18)19-3)8-16(2)13(17)9-20-12-6-4-11(15)5-7-12/h4-7,10H,8-9H2,1-3H3. The van der Waals surface area contributed by atoms with E-state index in [2.05, 4.69) is 4.74 Å². The summed E-state index contributed by atoms with van der Waals surface area (Å²) in [4.78, 5) is 25.8. The number of thioether (sulfide) groups is 1. The maximum atomic E-state index is 12.0. The van der Waals surface area contributed by atoms with E-state index < -0.39 is 0 Å². The van der Waals surface area contributed by atoms with Crippen molar-refractivity contribution in [3.8, 4) is 0 Å². The molecule has 4 nitrogen and oxygen atoms in total. The smallest absolute Gasteiger partial charge is 0.310 e. The van der Waals surface area contributed by atoms with Crippen LogP contribution in [0.5, 0.6) is 0 Å². The first-order valence-corrected chi connectivity index (χ1v) is 7.50. The molecule has 110 valence electrons. The molecule has 0 fully saturated rings. The number of amides is 1. The highest BCUT2D eigenvalue weighted by Gasteiger charge is 2.18. The molecule has 0 bridgehead atoms. The molecule has 1 amide bonds. The minimum absolute atomic E-state index is 0.0271. The third kappa shape index (κ3) is 5.43. The lowest BCUT2D eigenvalue weighted by Crippen LogP contribution is -2.35. The first-order valence-electron chi connectivity index (χ1n) is 6.14. The van der Waals surface area contributed by atoms with Crippen LogP contribution in [-0.4, -0.2) is 43.2 Å². The summed E-state index contributed by atoms with van der Waals surface area (Å²) in [6.45, 7) is 2.09. The Hall–Kier alpha value is -1.20. The van der Waals surface area contributed by atoms with Crippen LogP contribution >= 0.6 is 23.4 Å². The lowest BCUT2D eigenvalue weighted by atomic mass is 10.2. The van der Waals surface area contributed by atoms with Crippen LogP contribution in [0, 0.1) is 5.92 Å². The van der Waals surface area contributed by atoms with Gasteiger partial charge >= 0.3 is 5.97 Å². The number of hydrogen-bond donors (Lipinski definition) is 0. The summed E-state index contributed by atoms with van der Waals surface area (Å²) >= 11 is 7.24. The van der Waals surface area contributed by atoms with Crippen molar-refractivity contribution >= 4 is 35.2 Å². The average molecular weight is 316 g/mol. The van der Waals surface area contributed by atoms with E-state index >= 15 is 0 Å². The number of halogens is 1. The quantitative estimate of drug-likeness (QED) is 0.598. The van der Waals surface area contributed by atoms with Crippen molar-refractivity contribution in [1.82, 2.24) is 4.90 Å². The predicted molar refractivity (Wildman–Crippen MR) is 81.0 cm³/mol. The summed E-state index contributed by atoms with van der Waals surface area (Å²) in [6, 6.07) is 7.32. The average Bonchev–Trinajstić information content (AvgIpc) is 2.45. The second-order valence-corrected chi connectivity index (χ2v) is 5.93. The first kappa shape index (κ1) is 16.9. The number of rotatable bonds is 6. The van der Waals surface area contributed by atoms with Gasteiger partial charge in [-0.3, -0.25) is 9.59 Å². The zero-order valence-electron chi connectivity index (χ0n) is 11.8. The van der Waals surface area contributed by atoms with Gasteiger partial charge in [-0.05, 0) is 24.3 Å². The third-order valence-electron chi connectivity index (χ3n) is 2.75. The van der Waals surface area contributed by atoms with Crippen LogP contribution in [0.4, 0.5) is 0 Å². The molecule has 0 spiro atoms. The molecule has 1 unspecified atom stereocenters. The summed E-state index contributed by atoms with van der Waals surface area (Å²) in [5.41, 5.74) is 0. The Morgan fingerprint density at radius 1 is 1.35 bits per heavy atom. The largest absolute Gasteiger partial charge is 0.469 e. The Morgan fingerprint density at radius 3 is 2.50 bits per heavy atom. The van der Waals surface area contributed by atoms with Gasteiger partial charge in [0.25, 0.3) is 0 Å². The molecule has 20 heavy (non-hydrogen) atoms. The van der Waals surface area contributed by atoms with Crippen LogP contribution in [0.15, 0.2) is 29.2 Å². The molecular weight excluding hydrogens is 298 g/mol. The molecule has 0 saturated heterocycles. The molecule has 0 aromatic heterocycles. The van der Waals surface area contributed by atoms with Gasteiger partial charge < -0.3 is 9.64 Å². The van der Waals surface area contributed by atoms with Crippen LogP contribution in [0.2, 0.25) is 5.02 Å². The van der Waals surface area contributed by atoms with Crippen molar-refractivity contribution in [2.24, 2.45) is 5.92 Å². The molecule has 0 saturated carbocycles. The molecule has 1 atom stereocenters. The number of benzene rings is 1. The fourth-order valence-corrected chi connectivity index (χ4v) is 2.54. The molecule has 6 heteroatoms. The van der Waals surface area contributed by atoms with Gasteiger partial charge in [0.2, 0.25) is 5.91 Å². The second-order valence-electron chi connectivity index (χ2n) is 4.44. The minimum Gasteiger partial charge on any atom is -0.469 e. The molecule has 1 aromatic carbocycles. The van der Waals surface area contributed by atoms with Crippen molar-refractivity contribution in [2.75, 3.05) is 26.5 Å². The van der Waals surface area contributed by atoms with Gasteiger partial charge in [0.15, 0.2) is 0 Å². The molecule has 0 N–H and O–H groups in total. The van der Waals surface area contributed by atoms with E-state index in [0.29, 0.717) is 17.3 Å². The summed E-state index contributed by atoms with van der Waals surface area (Å²) in [5.74, 6) is -0.336. The fraction of sp³-hybridized carbons (Fsp3) is 0.429. The van der Waals surface area contributed by atoms with E-state index in [1.54, 1.807) is 31.0 Å². The zero-order valence-corrected chi connectivity index (χ0v) is 13.3. The van der Waals surface area contributed by atoms with Gasteiger partial charge in [0.05, 0.1) is 18.8 Å². The lowest BCUT2D eigenvalue weighted by Gasteiger charge is -2.20. The molecule has 1 aromatic rings. The van der Waals surface area contributed by atoms with E-state index in [4.69, 9.17) is 11.6 Å². The van der Waals surface area contributed by atoms with E-state index in [1.165, 1.54) is 18.9 Å². The van der Waals surface area contributed by atoms with Gasteiger partial charge in [-0.25, -0.2) is 0 Å². The number of ether oxygens (including phenoxy) is 1. The normalized spacial score (nSPS) is 11.8. The summed E-state index contributed by atoms with van der Waals surface area (Å²) < 4.78 is 4.64. The van der Waals surface area contributed by atoms with Gasteiger partial charge in [-0.2, -0.15) is 0 Å². The Balaban J connectivity index is 2.42. The number of carbonyl (C=O) groups excluding carboxylic acids is 2. The van der Waals surface area contributed by atoms with Crippen LogP contribution in [0.1, 0.15) is 6.92 Å². The van der Waals surface area contributed by atoms with Crippen molar-refractivity contribution in [1.29, 1.82) is 0 Å². The van der Waals surface area contributed by atoms with E-state index in [9.17, 15) is 9.59 Å². The van der Waals surface area contributed by atoms with Gasteiger partial charge in [0, 0.05) is 23.5 Å². The Kier molecular flexibility index (Phi) is 6.88. The van der Waals surface area contributed by atoms with Crippen LogP contribution in [0.3, 0.4) is 0 Å². The molecular formula is C14H18ClNO3S. The van der Waals surface area contributed by atoms with Crippen molar-refractivity contribution in [3.05, 3.63) is 29.3 Å². The Morgan fingerprint density at radius 2 is 1.95 bits per heavy atom. The Labute approximate surface area is 128 Å². The fourth-order valence-electron chi connectivity index (χ4n) is 1.57. The Bertz CT molecular complexity index is 464. The molecule has 1 rings (SSSR count). The van der Waals surface area contributed by atoms with E-state index in [0.717, 1.165) is 4.90 Å². The summed E-state index contributed by atoms with van der Waals surface area (Å²) in [6.07, 6.45) is 0. The van der Waals surface area contributed by atoms with Crippen LogP contribution in [0.25, 0.3) is 0 Å². The number of hydrogen-bond acceptors (Lipinski definition) is 4. The topological polar surface area (TPSA) is 46.6 Å². The highest BCUT2D eigenvalue weighted by Crippen LogP contribution is 2.20.